The molecule has 2 aromatic carbocycles. The van der Waals surface area contributed by atoms with E-state index in [9.17, 15) is 0 Å². The van der Waals surface area contributed by atoms with Gasteiger partial charge in [-0.3, -0.25) is 0 Å². The van der Waals surface area contributed by atoms with E-state index in [1.54, 1.807) is 0 Å². The molecule has 0 amide bonds. The minimum Gasteiger partial charge on any atom is -0.461 e. The van der Waals surface area contributed by atoms with Gasteiger partial charge >= 0.3 is 0 Å². The van der Waals surface area contributed by atoms with Crippen LogP contribution in [0.5, 0.6) is 0 Å². The van der Waals surface area contributed by atoms with Gasteiger partial charge in [-0.2, -0.15) is 0 Å². The molecule has 0 saturated heterocycles. The van der Waals surface area contributed by atoms with E-state index in [2.05, 4.69) is 47.3 Å². The van der Waals surface area contributed by atoms with Crippen LogP contribution in [-0.4, -0.2) is 17.0 Å². The van der Waals surface area contributed by atoms with Crippen molar-refractivity contribution in [2.75, 3.05) is 7.05 Å². The number of H-pyrrole nitrogens is 1. The first kappa shape index (κ1) is 19.9. The van der Waals surface area contributed by atoms with Gasteiger partial charge in [-0.1, -0.05) is 31.5 Å². The molecule has 5 nitrogen and oxygen atoms in total. The Labute approximate surface area is 185 Å². The van der Waals surface area contributed by atoms with Crippen molar-refractivity contribution in [3.8, 4) is 11.6 Å². The van der Waals surface area contributed by atoms with Crippen LogP contribution in [0.2, 0.25) is 5.02 Å². The number of rotatable bonds is 6. The van der Waals surface area contributed by atoms with E-state index < -0.39 is 0 Å². The molecule has 3 heterocycles. The Balaban J connectivity index is 1.45. The normalized spacial score (nSPS) is 11.9. The SMILES string of the molecule is CNCc1ccc2nc(-c3ccc(Cc4cc(Cl)cc5cc(C(C)C)oc45)o3)[nH]c2c1. The Morgan fingerprint density at radius 3 is 2.74 bits per heavy atom. The number of aromatic nitrogens is 2. The van der Waals surface area contributed by atoms with Crippen molar-refractivity contribution >= 4 is 33.6 Å². The number of furan rings is 2. The zero-order valence-electron chi connectivity index (χ0n) is 17.8. The molecule has 0 aliphatic rings. The molecule has 0 fully saturated rings. The summed E-state index contributed by atoms with van der Waals surface area (Å²) in [5, 5.41) is 4.88. The Morgan fingerprint density at radius 2 is 1.94 bits per heavy atom. The summed E-state index contributed by atoms with van der Waals surface area (Å²) in [7, 11) is 1.94. The molecule has 5 rings (SSSR count). The van der Waals surface area contributed by atoms with Gasteiger partial charge in [-0.05, 0) is 55.1 Å². The summed E-state index contributed by atoms with van der Waals surface area (Å²) in [6.45, 7) is 5.05. The van der Waals surface area contributed by atoms with E-state index in [0.29, 0.717) is 23.1 Å². The quantitative estimate of drug-likeness (QED) is 0.314. The van der Waals surface area contributed by atoms with Crippen LogP contribution >= 0.6 is 11.6 Å². The lowest BCUT2D eigenvalue weighted by Gasteiger charge is -2.02. The standard InChI is InChI=1S/C25H24ClN3O2/c1-14(2)23-12-17-10-18(26)9-16(24(17)31-23)11-19-5-7-22(30-19)25-28-20-6-4-15(13-27-3)8-21(20)29-25/h4-10,12,14,27H,11,13H2,1-3H3,(H,28,29). The molecule has 0 atom stereocenters. The highest BCUT2D eigenvalue weighted by molar-refractivity contribution is 6.31. The van der Waals surface area contributed by atoms with E-state index in [1.165, 1.54) is 5.56 Å². The third kappa shape index (κ3) is 3.87. The summed E-state index contributed by atoms with van der Waals surface area (Å²) in [5.41, 5.74) is 4.99. The summed E-state index contributed by atoms with van der Waals surface area (Å²) < 4.78 is 12.3. The number of halogens is 1. The zero-order chi connectivity index (χ0) is 21.5. The molecule has 3 aromatic heterocycles. The number of imidazole rings is 1. The fourth-order valence-corrected chi connectivity index (χ4v) is 4.15. The lowest BCUT2D eigenvalue weighted by molar-refractivity contribution is 0.512. The molecule has 0 radical (unpaired) electrons. The third-order valence-electron chi connectivity index (χ3n) is 5.43. The molecule has 0 saturated carbocycles. The summed E-state index contributed by atoms with van der Waals surface area (Å²) in [4.78, 5) is 8.05. The molecule has 0 spiro atoms. The number of fused-ring (bicyclic) bond motifs is 2. The summed E-state index contributed by atoms with van der Waals surface area (Å²) in [6, 6.07) is 16.1. The van der Waals surface area contributed by atoms with Crippen molar-refractivity contribution in [1.82, 2.24) is 15.3 Å². The fourth-order valence-electron chi connectivity index (χ4n) is 3.90. The van der Waals surface area contributed by atoms with Crippen molar-refractivity contribution in [3.63, 3.8) is 0 Å². The van der Waals surface area contributed by atoms with Gasteiger partial charge in [0.15, 0.2) is 11.6 Å². The second-order valence-electron chi connectivity index (χ2n) is 8.20. The molecule has 6 heteroatoms. The van der Waals surface area contributed by atoms with Crippen LogP contribution in [0.25, 0.3) is 33.6 Å². The van der Waals surface area contributed by atoms with Crippen molar-refractivity contribution in [2.24, 2.45) is 0 Å². The number of hydrogen-bond acceptors (Lipinski definition) is 4. The number of aromatic amines is 1. The van der Waals surface area contributed by atoms with E-state index in [1.807, 2.05) is 37.4 Å². The smallest absolute Gasteiger partial charge is 0.174 e. The van der Waals surface area contributed by atoms with Crippen LogP contribution in [0.3, 0.4) is 0 Å². The van der Waals surface area contributed by atoms with E-state index in [4.69, 9.17) is 20.4 Å². The van der Waals surface area contributed by atoms with E-state index in [0.717, 1.165) is 51.5 Å². The Bertz CT molecular complexity index is 1380. The van der Waals surface area contributed by atoms with Gasteiger partial charge in [0.1, 0.15) is 17.1 Å². The van der Waals surface area contributed by atoms with Gasteiger partial charge in [0.2, 0.25) is 0 Å². The van der Waals surface area contributed by atoms with Gasteiger partial charge in [0.05, 0.1) is 11.0 Å². The average molecular weight is 434 g/mol. The first-order valence-corrected chi connectivity index (χ1v) is 10.8. The lowest BCUT2D eigenvalue weighted by Crippen LogP contribution is -2.04. The monoisotopic (exact) mass is 433 g/mol. The summed E-state index contributed by atoms with van der Waals surface area (Å²) in [5.74, 6) is 3.54. The first-order valence-electron chi connectivity index (χ1n) is 10.4. The topological polar surface area (TPSA) is 67.0 Å². The van der Waals surface area contributed by atoms with Gasteiger partial charge in [-0.25, -0.2) is 4.98 Å². The van der Waals surface area contributed by atoms with Crippen LogP contribution < -0.4 is 5.32 Å². The molecular weight excluding hydrogens is 410 g/mol. The minimum absolute atomic E-state index is 0.316. The predicted molar refractivity (Wildman–Crippen MR) is 125 cm³/mol. The van der Waals surface area contributed by atoms with Crippen LogP contribution in [0.4, 0.5) is 0 Å². The summed E-state index contributed by atoms with van der Waals surface area (Å²) >= 11 is 6.37. The maximum Gasteiger partial charge on any atom is 0.174 e. The fraction of sp³-hybridized carbons (Fsp3) is 0.240. The van der Waals surface area contributed by atoms with Gasteiger partial charge < -0.3 is 19.1 Å². The van der Waals surface area contributed by atoms with Gasteiger partial charge in [0, 0.05) is 34.9 Å². The number of nitrogens with zero attached hydrogens (tertiary/aromatic N) is 1. The highest BCUT2D eigenvalue weighted by Gasteiger charge is 2.15. The van der Waals surface area contributed by atoms with E-state index in [-0.39, 0.29) is 0 Å². The third-order valence-corrected chi connectivity index (χ3v) is 5.65. The molecule has 0 unspecified atom stereocenters. The van der Waals surface area contributed by atoms with Crippen LogP contribution in [0, 0.1) is 0 Å². The maximum atomic E-state index is 6.37. The van der Waals surface area contributed by atoms with E-state index >= 15 is 0 Å². The molecule has 31 heavy (non-hydrogen) atoms. The number of benzene rings is 2. The zero-order valence-corrected chi connectivity index (χ0v) is 18.5. The molecule has 0 aliphatic carbocycles. The van der Waals surface area contributed by atoms with Gasteiger partial charge in [0.25, 0.3) is 0 Å². The maximum absolute atomic E-state index is 6.37. The van der Waals surface area contributed by atoms with Gasteiger partial charge in [-0.15, -0.1) is 0 Å². The molecule has 5 aromatic rings. The second-order valence-corrected chi connectivity index (χ2v) is 8.63. The molecular formula is C25H24ClN3O2. The minimum atomic E-state index is 0.316. The average Bonchev–Trinajstić information content (AvgIpc) is 3.45. The molecule has 0 bridgehead atoms. The lowest BCUT2D eigenvalue weighted by atomic mass is 10.1. The predicted octanol–water partition coefficient (Wildman–Crippen LogP) is 6.66. The molecule has 2 N–H and O–H groups in total. The molecule has 0 aliphatic heterocycles. The molecule has 158 valence electrons. The largest absolute Gasteiger partial charge is 0.461 e. The van der Waals surface area contributed by atoms with Crippen molar-refractivity contribution < 1.29 is 8.83 Å². The van der Waals surface area contributed by atoms with Crippen molar-refractivity contribution in [2.45, 2.75) is 32.7 Å². The Kier molecular flexibility index (Phi) is 5.08. The van der Waals surface area contributed by atoms with Crippen LogP contribution in [0.1, 0.15) is 42.4 Å². The number of hydrogen-bond donors (Lipinski definition) is 2. The van der Waals surface area contributed by atoms with Crippen LogP contribution in [0.15, 0.2) is 57.4 Å². The van der Waals surface area contributed by atoms with Crippen molar-refractivity contribution in [3.05, 3.63) is 76.2 Å². The van der Waals surface area contributed by atoms with Crippen molar-refractivity contribution in [1.29, 1.82) is 0 Å². The summed E-state index contributed by atoms with van der Waals surface area (Å²) in [6.07, 6.45) is 0.592. The highest BCUT2D eigenvalue weighted by Crippen LogP contribution is 2.32. The first-order chi connectivity index (χ1) is 15.0. The second kappa shape index (κ2) is 7.91. The Hall–Kier alpha value is -3.02. The number of nitrogens with one attached hydrogen (secondary N) is 2. The Morgan fingerprint density at radius 1 is 1.06 bits per heavy atom. The highest BCUT2D eigenvalue weighted by atomic mass is 35.5. The van der Waals surface area contributed by atoms with Crippen LogP contribution in [-0.2, 0) is 13.0 Å².